The zero-order chi connectivity index (χ0) is 23.4. The summed E-state index contributed by atoms with van der Waals surface area (Å²) in [6.45, 7) is 3.40. The van der Waals surface area contributed by atoms with Crippen molar-refractivity contribution in [3.05, 3.63) is 77.7 Å². The Morgan fingerprint density at radius 3 is 2.36 bits per heavy atom. The van der Waals surface area contributed by atoms with Gasteiger partial charge in [0.1, 0.15) is 21.5 Å². The third-order valence-corrected chi connectivity index (χ3v) is 6.84. The number of carbonyl (C=O) groups is 2. The summed E-state index contributed by atoms with van der Waals surface area (Å²) in [6, 6.07) is 16.6. The maximum Gasteiger partial charge on any atom is 0.234 e. The summed E-state index contributed by atoms with van der Waals surface area (Å²) in [7, 11) is 0. The first-order valence-corrected chi connectivity index (χ1v) is 11.8. The van der Waals surface area contributed by atoms with Gasteiger partial charge in [-0.3, -0.25) is 9.59 Å². The van der Waals surface area contributed by atoms with Crippen LogP contribution in [0, 0.1) is 12.7 Å². The molecule has 2 aromatic carbocycles. The molecule has 0 saturated carbocycles. The number of nitrogens with zero attached hydrogens (tertiary/aromatic N) is 3. The second kappa shape index (κ2) is 10.0. The third kappa shape index (κ3) is 5.68. The number of carbonyl (C=O) groups excluding carboxylic acids is 2. The lowest BCUT2D eigenvalue weighted by Gasteiger charge is -2.05. The number of nitrogens with one attached hydrogen (secondary N) is 1. The smallest absolute Gasteiger partial charge is 0.234 e. The van der Waals surface area contributed by atoms with Crippen molar-refractivity contribution in [3.63, 3.8) is 0 Å². The summed E-state index contributed by atoms with van der Waals surface area (Å²) in [5.74, 6) is -0.309. The standard InChI is InChI=1S/C24H19FN4O2S2/c1-14-23(33-24(26-14)17-3-7-18(25)8-4-17)20-11-12-22(29-28-20)32-13-21(31)27-19-9-5-16(6-10-19)15(2)30/h3-12H,13H2,1-2H3,(H,27,31). The summed E-state index contributed by atoms with van der Waals surface area (Å²) in [6.07, 6.45) is 0. The SMILES string of the molecule is CC(=O)c1ccc(NC(=O)CSc2ccc(-c3sc(-c4ccc(F)cc4)nc3C)nn2)cc1. The van der Waals surface area contributed by atoms with E-state index in [0.717, 1.165) is 21.1 Å². The van der Waals surface area contributed by atoms with Gasteiger partial charge in [-0.25, -0.2) is 9.37 Å². The second-order valence-corrected chi connectivity index (χ2v) is 9.16. The lowest BCUT2D eigenvalue weighted by Crippen LogP contribution is -2.14. The van der Waals surface area contributed by atoms with E-state index in [4.69, 9.17) is 0 Å². The zero-order valence-corrected chi connectivity index (χ0v) is 19.5. The van der Waals surface area contributed by atoms with Crippen molar-refractivity contribution in [2.24, 2.45) is 0 Å². The molecule has 0 aliphatic rings. The number of aromatic nitrogens is 3. The topological polar surface area (TPSA) is 84.8 Å². The van der Waals surface area contributed by atoms with Crippen LogP contribution in [0.3, 0.4) is 0 Å². The molecule has 0 atom stereocenters. The van der Waals surface area contributed by atoms with Gasteiger partial charge in [0.2, 0.25) is 5.91 Å². The number of aryl methyl sites for hydroxylation is 1. The van der Waals surface area contributed by atoms with Gasteiger partial charge in [0.15, 0.2) is 5.78 Å². The Labute approximate surface area is 198 Å². The van der Waals surface area contributed by atoms with Gasteiger partial charge in [-0.1, -0.05) is 11.8 Å². The third-order valence-electron chi connectivity index (χ3n) is 4.69. The highest BCUT2D eigenvalue weighted by Gasteiger charge is 2.14. The Bertz CT molecular complexity index is 1290. The molecule has 0 aliphatic carbocycles. The summed E-state index contributed by atoms with van der Waals surface area (Å²) >= 11 is 2.75. The largest absolute Gasteiger partial charge is 0.325 e. The van der Waals surface area contributed by atoms with Crippen molar-refractivity contribution in [2.75, 3.05) is 11.1 Å². The van der Waals surface area contributed by atoms with E-state index in [1.165, 1.54) is 42.2 Å². The van der Waals surface area contributed by atoms with Gasteiger partial charge in [0, 0.05) is 16.8 Å². The average molecular weight is 479 g/mol. The number of Topliss-reactive ketones (excluding diaryl/α,β-unsaturated/α-hetero) is 1. The highest BCUT2D eigenvalue weighted by Crippen LogP contribution is 2.34. The molecule has 0 aliphatic heterocycles. The maximum absolute atomic E-state index is 13.2. The van der Waals surface area contributed by atoms with Gasteiger partial charge >= 0.3 is 0 Å². The number of rotatable bonds is 7. The molecule has 0 saturated heterocycles. The average Bonchev–Trinajstić information content (AvgIpc) is 3.20. The van der Waals surface area contributed by atoms with Crippen molar-refractivity contribution in [1.82, 2.24) is 15.2 Å². The molecule has 0 fully saturated rings. The van der Waals surface area contributed by atoms with Crippen LogP contribution in [0.2, 0.25) is 0 Å². The summed E-state index contributed by atoms with van der Waals surface area (Å²) in [4.78, 5) is 29.0. The minimum absolute atomic E-state index is 0.0225. The maximum atomic E-state index is 13.2. The van der Waals surface area contributed by atoms with Crippen molar-refractivity contribution in [1.29, 1.82) is 0 Å². The molecule has 2 aromatic heterocycles. The molecule has 0 spiro atoms. The van der Waals surface area contributed by atoms with Crippen LogP contribution in [0.1, 0.15) is 23.0 Å². The number of thioether (sulfide) groups is 1. The fraction of sp³-hybridized carbons (Fsp3) is 0.125. The van der Waals surface area contributed by atoms with E-state index in [1.54, 1.807) is 36.4 Å². The fourth-order valence-electron chi connectivity index (χ4n) is 2.99. The lowest BCUT2D eigenvalue weighted by atomic mass is 10.1. The lowest BCUT2D eigenvalue weighted by molar-refractivity contribution is -0.113. The van der Waals surface area contributed by atoms with Gasteiger partial charge in [-0.2, -0.15) is 0 Å². The monoisotopic (exact) mass is 478 g/mol. The molecule has 6 nitrogen and oxygen atoms in total. The second-order valence-electron chi connectivity index (χ2n) is 7.17. The van der Waals surface area contributed by atoms with E-state index in [9.17, 15) is 14.0 Å². The molecular formula is C24H19FN4O2S2. The number of benzene rings is 2. The Kier molecular flexibility index (Phi) is 6.90. The molecule has 9 heteroatoms. The predicted molar refractivity (Wildman–Crippen MR) is 129 cm³/mol. The molecule has 2 heterocycles. The van der Waals surface area contributed by atoms with E-state index in [0.29, 0.717) is 22.0 Å². The van der Waals surface area contributed by atoms with E-state index in [1.807, 2.05) is 19.1 Å². The fourth-order valence-corrected chi connectivity index (χ4v) is 4.64. The van der Waals surface area contributed by atoms with Crippen LogP contribution in [0.4, 0.5) is 10.1 Å². The Balaban J connectivity index is 1.37. The quantitative estimate of drug-likeness (QED) is 0.273. The van der Waals surface area contributed by atoms with Crippen LogP contribution in [0.5, 0.6) is 0 Å². The van der Waals surface area contributed by atoms with Gasteiger partial charge < -0.3 is 5.32 Å². The Morgan fingerprint density at radius 1 is 1.00 bits per heavy atom. The number of ketones is 1. The Hall–Kier alpha value is -3.43. The molecule has 1 amide bonds. The number of anilines is 1. The Morgan fingerprint density at radius 2 is 1.73 bits per heavy atom. The summed E-state index contributed by atoms with van der Waals surface area (Å²) in [5, 5.41) is 12.7. The van der Waals surface area contributed by atoms with Crippen molar-refractivity contribution >= 4 is 40.5 Å². The van der Waals surface area contributed by atoms with E-state index in [2.05, 4.69) is 20.5 Å². The van der Waals surface area contributed by atoms with Crippen LogP contribution in [0.15, 0.2) is 65.7 Å². The normalized spacial score (nSPS) is 10.8. The molecule has 0 bridgehead atoms. The molecule has 0 unspecified atom stereocenters. The van der Waals surface area contributed by atoms with Gasteiger partial charge in [-0.05, 0) is 74.5 Å². The first-order valence-electron chi connectivity index (χ1n) is 10.00. The number of halogens is 1. The minimum Gasteiger partial charge on any atom is -0.325 e. The molecule has 4 aromatic rings. The number of thiazole rings is 1. The number of hydrogen-bond acceptors (Lipinski definition) is 7. The first kappa shape index (κ1) is 22.8. The molecule has 33 heavy (non-hydrogen) atoms. The van der Waals surface area contributed by atoms with Crippen LogP contribution in [-0.4, -0.2) is 32.6 Å². The van der Waals surface area contributed by atoms with Crippen LogP contribution >= 0.6 is 23.1 Å². The minimum atomic E-state index is -0.286. The van der Waals surface area contributed by atoms with Gasteiger partial charge in [0.25, 0.3) is 0 Å². The van der Waals surface area contributed by atoms with Crippen LogP contribution in [-0.2, 0) is 4.79 Å². The van der Waals surface area contributed by atoms with Crippen LogP contribution in [0.25, 0.3) is 21.1 Å². The zero-order valence-electron chi connectivity index (χ0n) is 17.8. The first-order chi connectivity index (χ1) is 15.9. The van der Waals surface area contributed by atoms with Gasteiger partial charge in [0.05, 0.1) is 16.3 Å². The molecule has 1 N–H and O–H groups in total. The van der Waals surface area contributed by atoms with Crippen molar-refractivity contribution in [3.8, 4) is 21.1 Å². The van der Waals surface area contributed by atoms with E-state index >= 15 is 0 Å². The van der Waals surface area contributed by atoms with E-state index in [-0.39, 0.29) is 23.3 Å². The van der Waals surface area contributed by atoms with Gasteiger partial charge in [-0.15, -0.1) is 21.5 Å². The highest BCUT2D eigenvalue weighted by molar-refractivity contribution is 7.99. The molecule has 166 valence electrons. The summed E-state index contributed by atoms with van der Waals surface area (Å²) < 4.78 is 13.2. The van der Waals surface area contributed by atoms with Crippen LogP contribution < -0.4 is 5.32 Å². The molecular weight excluding hydrogens is 459 g/mol. The highest BCUT2D eigenvalue weighted by atomic mass is 32.2. The van der Waals surface area contributed by atoms with E-state index < -0.39 is 0 Å². The number of hydrogen-bond donors (Lipinski definition) is 1. The molecule has 0 radical (unpaired) electrons. The number of amides is 1. The van der Waals surface area contributed by atoms with Crippen molar-refractivity contribution < 1.29 is 14.0 Å². The van der Waals surface area contributed by atoms with Crippen molar-refractivity contribution in [2.45, 2.75) is 18.9 Å². The molecule has 4 rings (SSSR count). The summed E-state index contributed by atoms with van der Waals surface area (Å²) in [5.41, 5.74) is 3.59. The predicted octanol–water partition coefficient (Wildman–Crippen LogP) is 5.65.